The lowest BCUT2D eigenvalue weighted by atomic mass is 10.2. The van der Waals surface area contributed by atoms with Crippen molar-refractivity contribution >= 4 is 35.8 Å². The van der Waals surface area contributed by atoms with Gasteiger partial charge in [-0.1, -0.05) is 44.2 Å². The van der Waals surface area contributed by atoms with Gasteiger partial charge in [0.15, 0.2) is 5.96 Å². The van der Waals surface area contributed by atoms with Gasteiger partial charge in [-0.05, 0) is 38.3 Å². The summed E-state index contributed by atoms with van der Waals surface area (Å²) in [5, 5.41) is 6.94. The van der Waals surface area contributed by atoms with Crippen molar-refractivity contribution in [3.63, 3.8) is 0 Å². The van der Waals surface area contributed by atoms with E-state index in [1.54, 1.807) is 0 Å². The van der Waals surface area contributed by atoms with Crippen LogP contribution in [0.5, 0.6) is 0 Å². The predicted octanol–water partition coefficient (Wildman–Crippen LogP) is 3.08. The molecule has 168 valence electrons. The van der Waals surface area contributed by atoms with E-state index in [1.807, 2.05) is 18.7 Å². The molecule has 3 rings (SSSR count). The lowest BCUT2D eigenvalue weighted by Gasteiger charge is -2.24. The van der Waals surface area contributed by atoms with Crippen LogP contribution in [-0.4, -0.2) is 66.5 Å². The maximum atomic E-state index is 12.2. The van der Waals surface area contributed by atoms with Gasteiger partial charge in [0, 0.05) is 44.2 Å². The summed E-state index contributed by atoms with van der Waals surface area (Å²) in [6.07, 6.45) is 3.42. The van der Waals surface area contributed by atoms with Crippen LogP contribution in [0.3, 0.4) is 0 Å². The van der Waals surface area contributed by atoms with Gasteiger partial charge >= 0.3 is 0 Å². The molecule has 0 aromatic heterocycles. The molecule has 2 unspecified atom stereocenters. The van der Waals surface area contributed by atoms with Crippen molar-refractivity contribution in [3.05, 3.63) is 35.9 Å². The van der Waals surface area contributed by atoms with E-state index >= 15 is 0 Å². The molecule has 0 radical (unpaired) electrons. The Morgan fingerprint density at radius 1 is 1.20 bits per heavy atom. The predicted molar refractivity (Wildman–Crippen MR) is 134 cm³/mol. The SMILES string of the molecule is CCNC(=NCC1CCCN1Cc1ccccc1)NC1CCN(C(=O)C(C)C)C1.I. The molecule has 0 aliphatic carbocycles. The Labute approximate surface area is 198 Å². The zero-order chi connectivity index (χ0) is 20.6. The summed E-state index contributed by atoms with van der Waals surface area (Å²) in [6.45, 7) is 11.4. The maximum absolute atomic E-state index is 12.2. The van der Waals surface area contributed by atoms with Crippen LogP contribution < -0.4 is 10.6 Å². The second-order valence-electron chi connectivity index (χ2n) is 8.54. The molecular weight excluding hydrogens is 489 g/mol. The van der Waals surface area contributed by atoms with E-state index in [2.05, 4.69) is 52.8 Å². The lowest BCUT2D eigenvalue weighted by Crippen LogP contribution is -2.46. The Bertz CT molecular complexity index is 681. The zero-order valence-electron chi connectivity index (χ0n) is 18.6. The first-order valence-corrected chi connectivity index (χ1v) is 11.2. The van der Waals surface area contributed by atoms with Gasteiger partial charge in [0.1, 0.15) is 0 Å². The van der Waals surface area contributed by atoms with Gasteiger partial charge in [0.25, 0.3) is 0 Å². The molecule has 2 saturated heterocycles. The average molecular weight is 527 g/mol. The molecular formula is C23H38IN5O. The number of aliphatic imine (C=N–C) groups is 1. The monoisotopic (exact) mass is 527 g/mol. The fourth-order valence-electron chi connectivity index (χ4n) is 4.28. The molecule has 0 saturated carbocycles. The van der Waals surface area contributed by atoms with Gasteiger partial charge in [0.2, 0.25) is 5.91 Å². The minimum absolute atomic E-state index is 0. The third-order valence-electron chi connectivity index (χ3n) is 5.87. The molecule has 2 atom stereocenters. The van der Waals surface area contributed by atoms with Gasteiger partial charge in [-0.2, -0.15) is 0 Å². The highest BCUT2D eigenvalue weighted by Crippen LogP contribution is 2.20. The maximum Gasteiger partial charge on any atom is 0.225 e. The number of benzene rings is 1. The normalized spacial score (nSPS) is 22.3. The number of halogens is 1. The molecule has 2 fully saturated rings. The number of carbonyl (C=O) groups excluding carboxylic acids is 1. The first-order chi connectivity index (χ1) is 14.1. The second kappa shape index (κ2) is 12.5. The van der Waals surface area contributed by atoms with Gasteiger partial charge in [-0.3, -0.25) is 14.7 Å². The molecule has 1 aromatic carbocycles. The molecule has 2 heterocycles. The molecule has 1 aromatic rings. The molecule has 1 amide bonds. The lowest BCUT2D eigenvalue weighted by molar-refractivity contribution is -0.133. The number of carbonyl (C=O) groups is 1. The summed E-state index contributed by atoms with van der Waals surface area (Å²) < 4.78 is 0. The van der Waals surface area contributed by atoms with E-state index in [4.69, 9.17) is 4.99 Å². The number of nitrogens with one attached hydrogen (secondary N) is 2. The number of guanidine groups is 1. The third-order valence-corrected chi connectivity index (χ3v) is 5.87. The summed E-state index contributed by atoms with van der Waals surface area (Å²) in [4.78, 5) is 21.7. The summed E-state index contributed by atoms with van der Waals surface area (Å²) in [5.41, 5.74) is 1.37. The highest BCUT2D eigenvalue weighted by molar-refractivity contribution is 14.0. The number of nitrogens with zero attached hydrogens (tertiary/aromatic N) is 3. The summed E-state index contributed by atoms with van der Waals surface area (Å²) in [7, 11) is 0. The number of likely N-dealkylation sites (tertiary alicyclic amines) is 2. The highest BCUT2D eigenvalue weighted by Gasteiger charge is 2.28. The quantitative estimate of drug-likeness (QED) is 0.325. The average Bonchev–Trinajstić information content (AvgIpc) is 3.36. The Kier molecular flexibility index (Phi) is 10.4. The van der Waals surface area contributed by atoms with E-state index in [0.717, 1.165) is 51.6 Å². The number of hydrogen-bond acceptors (Lipinski definition) is 3. The van der Waals surface area contributed by atoms with Crippen molar-refractivity contribution in [3.8, 4) is 0 Å². The van der Waals surface area contributed by atoms with Crippen molar-refractivity contribution < 1.29 is 4.79 Å². The van der Waals surface area contributed by atoms with Crippen LogP contribution in [0.2, 0.25) is 0 Å². The standard InChI is InChI=1S/C23H37N5O.HI/c1-4-24-23(26-20-12-14-28(17-20)22(29)18(2)3)25-15-21-11-8-13-27(21)16-19-9-6-5-7-10-19;/h5-7,9-10,18,20-21H,4,8,11-17H2,1-3H3,(H2,24,25,26);1H. The van der Waals surface area contributed by atoms with Gasteiger partial charge in [-0.25, -0.2) is 0 Å². The van der Waals surface area contributed by atoms with Crippen LogP contribution in [0, 0.1) is 5.92 Å². The summed E-state index contributed by atoms with van der Waals surface area (Å²) >= 11 is 0. The van der Waals surface area contributed by atoms with Gasteiger partial charge in [-0.15, -0.1) is 24.0 Å². The van der Waals surface area contributed by atoms with Gasteiger partial charge < -0.3 is 15.5 Å². The largest absolute Gasteiger partial charge is 0.357 e. The van der Waals surface area contributed by atoms with Crippen molar-refractivity contribution in [2.24, 2.45) is 10.9 Å². The number of amides is 1. The minimum atomic E-state index is 0. The second-order valence-corrected chi connectivity index (χ2v) is 8.54. The zero-order valence-corrected chi connectivity index (χ0v) is 21.0. The van der Waals surface area contributed by atoms with Gasteiger partial charge in [0.05, 0.1) is 6.54 Å². The molecule has 0 spiro atoms. The minimum Gasteiger partial charge on any atom is -0.357 e. The van der Waals surface area contributed by atoms with E-state index in [-0.39, 0.29) is 41.8 Å². The highest BCUT2D eigenvalue weighted by atomic mass is 127. The van der Waals surface area contributed by atoms with Crippen molar-refractivity contribution in [2.45, 2.75) is 58.7 Å². The van der Waals surface area contributed by atoms with Crippen molar-refractivity contribution in [2.75, 3.05) is 32.7 Å². The van der Waals surface area contributed by atoms with Crippen molar-refractivity contribution in [1.29, 1.82) is 0 Å². The van der Waals surface area contributed by atoms with E-state index in [1.165, 1.54) is 18.4 Å². The molecule has 30 heavy (non-hydrogen) atoms. The smallest absolute Gasteiger partial charge is 0.225 e. The molecule has 2 aliphatic rings. The van der Waals surface area contributed by atoms with Crippen LogP contribution in [0.4, 0.5) is 0 Å². The fourth-order valence-corrected chi connectivity index (χ4v) is 4.28. The molecule has 7 heteroatoms. The van der Waals surface area contributed by atoms with Crippen LogP contribution in [0.25, 0.3) is 0 Å². The fraction of sp³-hybridized carbons (Fsp3) is 0.652. The topological polar surface area (TPSA) is 60.0 Å². The van der Waals surface area contributed by atoms with Crippen LogP contribution in [0.1, 0.15) is 45.6 Å². The Morgan fingerprint density at radius 3 is 2.67 bits per heavy atom. The van der Waals surface area contributed by atoms with Crippen LogP contribution in [0.15, 0.2) is 35.3 Å². The first kappa shape index (κ1) is 24.9. The van der Waals surface area contributed by atoms with Crippen LogP contribution in [-0.2, 0) is 11.3 Å². The van der Waals surface area contributed by atoms with Crippen molar-refractivity contribution in [1.82, 2.24) is 20.4 Å². The molecule has 6 nitrogen and oxygen atoms in total. The summed E-state index contributed by atoms with van der Waals surface area (Å²) in [6, 6.07) is 11.5. The van der Waals surface area contributed by atoms with Crippen LogP contribution >= 0.6 is 24.0 Å². The third kappa shape index (κ3) is 7.11. The van der Waals surface area contributed by atoms with E-state index in [0.29, 0.717) is 6.04 Å². The molecule has 0 bridgehead atoms. The van der Waals surface area contributed by atoms with E-state index < -0.39 is 0 Å². The number of rotatable bonds is 7. The molecule has 2 aliphatic heterocycles. The Morgan fingerprint density at radius 2 is 1.97 bits per heavy atom. The summed E-state index contributed by atoms with van der Waals surface area (Å²) in [5.74, 6) is 1.19. The Balaban J connectivity index is 0.00000320. The van der Waals surface area contributed by atoms with E-state index in [9.17, 15) is 4.79 Å². The number of hydrogen-bond donors (Lipinski definition) is 2. The first-order valence-electron chi connectivity index (χ1n) is 11.2. The Hall–Kier alpha value is -1.35. The molecule has 2 N–H and O–H groups in total.